The van der Waals surface area contributed by atoms with Gasteiger partial charge in [-0.2, -0.15) is 0 Å². The minimum atomic E-state index is 0.470. The molecule has 2 heteroatoms. The number of hydrogen-bond acceptors (Lipinski definition) is 2. The van der Waals surface area contributed by atoms with E-state index in [0.29, 0.717) is 5.92 Å². The largest absolute Gasteiger partial charge is 0.310 e. The van der Waals surface area contributed by atoms with Gasteiger partial charge in [-0.15, -0.1) is 0 Å². The third-order valence-corrected chi connectivity index (χ3v) is 10.4. The Morgan fingerprint density at radius 2 is 1.27 bits per heavy atom. The van der Waals surface area contributed by atoms with Crippen LogP contribution in [0.3, 0.4) is 0 Å². The number of rotatable bonds is 4. The van der Waals surface area contributed by atoms with E-state index in [1.165, 1.54) is 64.5 Å². The molecule has 208 valence electrons. The average Bonchev–Trinajstić information content (AvgIpc) is 3.47. The molecule has 0 bridgehead atoms. The summed E-state index contributed by atoms with van der Waals surface area (Å²) in [6.07, 6.45) is 7.85. The molecular weight excluding hydrogens is 551 g/mol. The van der Waals surface area contributed by atoms with Gasteiger partial charge in [-0.3, -0.25) is 0 Å². The lowest BCUT2D eigenvalue weighted by Gasteiger charge is -2.26. The van der Waals surface area contributed by atoms with Gasteiger partial charge in [-0.1, -0.05) is 121 Å². The van der Waals surface area contributed by atoms with Gasteiger partial charge in [0.15, 0.2) is 0 Å². The van der Waals surface area contributed by atoms with Crippen LogP contribution in [0.5, 0.6) is 0 Å². The smallest absolute Gasteiger partial charge is 0.0465 e. The molecule has 1 nitrogen and oxygen atoms in total. The first-order valence-electron chi connectivity index (χ1n) is 15.3. The molecule has 1 aliphatic heterocycles. The summed E-state index contributed by atoms with van der Waals surface area (Å²) in [5.41, 5.74) is 7.44. The number of hydrogen-bond donors (Lipinski definition) is 0. The van der Waals surface area contributed by atoms with Crippen LogP contribution in [0.4, 0.5) is 17.1 Å². The summed E-state index contributed by atoms with van der Waals surface area (Å²) in [7, 11) is 0. The standard InChI is InChI=1S/C42H29NS/c1-2-12-31(13-3-1)43(33-23-25-41-39(27-33)36-16-8-9-17-40(36)44-41)32-21-18-29(19-22-32)38-26-30-11-5-7-15-35(30)42-34-14-6-4-10-28(34)20-24-37(38)42/h1-15,17-27,36H,16H2. The molecule has 0 N–H and O–H groups in total. The van der Waals surface area contributed by atoms with Gasteiger partial charge in [0.2, 0.25) is 0 Å². The quantitative estimate of drug-likeness (QED) is 0.191. The number of fused-ring (bicyclic) bond motifs is 8. The molecule has 0 saturated carbocycles. The third kappa shape index (κ3) is 4.10. The molecule has 1 heterocycles. The highest BCUT2D eigenvalue weighted by Crippen LogP contribution is 2.53. The van der Waals surface area contributed by atoms with Crippen molar-refractivity contribution in [1.29, 1.82) is 0 Å². The van der Waals surface area contributed by atoms with E-state index in [-0.39, 0.29) is 0 Å². The fourth-order valence-corrected chi connectivity index (χ4v) is 8.31. The van der Waals surface area contributed by atoms with Crippen molar-refractivity contribution in [2.24, 2.45) is 0 Å². The number of benzene rings is 7. The maximum Gasteiger partial charge on any atom is 0.0465 e. The van der Waals surface area contributed by atoms with Crippen LogP contribution in [-0.4, -0.2) is 0 Å². The van der Waals surface area contributed by atoms with Gasteiger partial charge in [-0.05, 0) is 109 Å². The van der Waals surface area contributed by atoms with Crippen LogP contribution in [0.15, 0.2) is 168 Å². The zero-order chi connectivity index (χ0) is 29.0. The van der Waals surface area contributed by atoms with Gasteiger partial charge in [0.1, 0.15) is 0 Å². The molecule has 1 aliphatic carbocycles. The lowest BCUT2D eigenvalue weighted by atomic mass is 9.90. The molecule has 7 aromatic rings. The van der Waals surface area contributed by atoms with Crippen LogP contribution < -0.4 is 4.90 Å². The number of thioether (sulfide) groups is 1. The molecule has 0 aromatic heterocycles. The second-order valence-corrected chi connectivity index (χ2v) is 12.8. The van der Waals surface area contributed by atoms with E-state index in [1.807, 2.05) is 11.8 Å². The zero-order valence-electron chi connectivity index (χ0n) is 24.2. The molecule has 0 saturated heterocycles. The normalized spacial score (nSPS) is 15.4. The Labute approximate surface area is 261 Å². The first-order valence-corrected chi connectivity index (χ1v) is 16.1. The van der Waals surface area contributed by atoms with Crippen molar-refractivity contribution in [3.63, 3.8) is 0 Å². The van der Waals surface area contributed by atoms with Gasteiger partial charge < -0.3 is 4.90 Å². The van der Waals surface area contributed by atoms with Crippen molar-refractivity contribution in [1.82, 2.24) is 0 Å². The number of para-hydroxylation sites is 1. The molecule has 0 spiro atoms. The Kier molecular flexibility index (Phi) is 5.95. The van der Waals surface area contributed by atoms with Crippen LogP contribution >= 0.6 is 11.8 Å². The highest BCUT2D eigenvalue weighted by atomic mass is 32.2. The molecule has 1 unspecified atom stereocenters. The zero-order valence-corrected chi connectivity index (χ0v) is 25.0. The third-order valence-electron chi connectivity index (χ3n) is 9.17. The number of nitrogens with zero attached hydrogens (tertiary/aromatic N) is 1. The van der Waals surface area contributed by atoms with Crippen molar-refractivity contribution < 1.29 is 0 Å². The van der Waals surface area contributed by atoms with E-state index in [1.54, 1.807) is 0 Å². The second kappa shape index (κ2) is 10.3. The predicted octanol–water partition coefficient (Wildman–Crippen LogP) is 12.3. The van der Waals surface area contributed by atoms with Crippen LogP contribution in [0, 0.1) is 0 Å². The van der Waals surface area contributed by atoms with E-state index < -0.39 is 0 Å². The first-order chi connectivity index (χ1) is 21.8. The highest BCUT2D eigenvalue weighted by molar-refractivity contribution is 8.03. The summed E-state index contributed by atoms with van der Waals surface area (Å²) in [5.74, 6) is 0.470. The molecule has 9 rings (SSSR count). The van der Waals surface area contributed by atoms with Crippen molar-refractivity contribution in [2.75, 3.05) is 4.90 Å². The van der Waals surface area contributed by atoms with E-state index in [4.69, 9.17) is 0 Å². The van der Waals surface area contributed by atoms with Crippen molar-refractivity contribution in [2.45, 2.75) is 17.2 Å². The summed E-state index contributed by atoms with van der Waals surface area (Å²) in [5, 5.41) is 7.76. The molecule has 0 amide bonds. The Morgan fingerprint density at radius 1 is 0.568 bits per heavy atom. The molecule has 2 aliphatic rings. The second-order valence-electron chi connectivity index (χ2n) is 11.7. The first kappa shape index (κ1) is 25.4. The Hall–Kier alpha value is -5.05. The molecule has 1 atom stereocenters. The minimum Gasteiger partial charge on any atom is -0.310 e. The van der Waals surface area contributed by atoms with Gasteiger partial charge in [0.25, 0.3) is 0 Å². The Balaban J connectivity index is 1.18. The Bertz CT molecular complexity index is 2260. The summed E-state index contributed by atoms with van der Waals surface area (Å²) < 4.78 is 0. The summed E-state index contributed by atoms with van der Waals surface area (Å²) >= 11 is 1.93. The molecular formula is C42H29NS. The van der Waals surface area contributed by atoms with Gasteiger partial charge in [-0.25, -0.2) is 0 Å². The monoisotopic (exact) mass is 579 g/mol. The van der Waals surface area contributed by atoms with Crippen LogP contribution in [0.2, 0.25) is 0 Å². The van der Waals surface area contributed by atoms with E-state index in [2.05, 4.69) is 163 Å². The summed E-state index contributed by atoms with van der Waals surface area (Å²) in [4.78, 5) is 5.24. The molecule has 0 fully saturated rings. The fraction of sp³-hybridized carbons (Fsp3) is 0.0476. The molecule has 7 aromatic carbocycles. The minimum absolute atomic E-state index is 0.470. The Morgan fingerprint density at radius 3 is 2.11 bits per heavy atom. The van der Waals surface area contributed by atoms with Crippen molar-refractivity contribution in [3.05, 3.63) is 168 Å². The van der Waals surface area contributed by atoms with Gasteiger partial charge in [0.05, 0.1) is 0 Å². The number of allylic oxidation sites excluding steroid dienone is 4. The van der Waals surface area contributed by atoms with E-state index in [0.717, 1.165) is 17.8 Å². The van der Waals surface area contributed by atoms with E-state index >= 15 is 0 Å². The maximum atomic E-state index is 2.41. The summed E-state index contributed by atoms with van der Waals surface area (Å²) in [6.45, 7) is 0. The molecule has 44 heavy (non-hydrogen) atoms. The summed E-state index contributed by atoms with van der Waals surface area (Å²) in [6, 6.07) is 51.3. The van der Waals surface area contributed by atoms with Crippen molar-refractivity contribution >= 4 is 61.1 Å². The topological polar surface area (TPSA) is 3.24 Å². The van der Waals surface area contributed by atoms with E-state index in [9.17, 15) is 0 Å². The van der Waals surface area contributed by atoms with Crippen LogP contribution in [-0.2, 0) is 0 Å². The fourth-order valence-electron chi connectivity index (χ4n) is 7.09. The predicted molar refractivity (Wildman–Crippen MR) is 190 cm³/mol. The maximum absolute atomic E-state index is 2.41. The van der Waals surface area contributed by atoms with Crippen LogP contribution in [0.1, 0.15) is 17.9 Å². The van der Waals surface area contributed by atoms with Gasteiger partial charge >= 0.3 is 0 Å². The van der Waals surface area contributed by atoms with Crippen molar-refractivity contribution in [3.8, 4) is 11.1 Å². The lowest BCUT2D eigenvalue weighted by Crippen LogP contribution is -2.10. The van der Waals surface area contributed by atoms with Gasteiger partial charge in [0, 0.05) is 27.9 Å². The average molecular weight is 580 g/mol. The number of anilines is 3. The SMILES string of the molecule is C1=CCC2C(=C1)Sc1ccc(N(c3ccccc3)c3ccc(-c4cc5ccccc5c5c4ccc4ccccc45)cc3)cc12. The van der Waals surface area contributed by atoms with Crippen LogP contribution in [0.25, 0.3) is 43.4 Å². The highest BCUT2D eigenvalue weighted by Gasteiger charge is 2.29. The molecule has 0 radical (unpaired) electrons. The lowest BCUT2D eigenvalue weighted by molar-refractivity contribution is 0.837.